The van der Waals surface area contributed by atoms with Crippen LogP contribution in [0.2, 0.25) is 0 Å². The van der Waals surface area contributed by atoms with Gasteiger partial charge in [-0.05, 0) is 31.6 Å². The van der Waals surface area contributed by atoms with Crippen molar-refractivity contribution in [2.24, 2.45) is 5.92 Å². The minimum atomic E-state index is -3.27. The van der Waals surface area contributed by atoms with Crippen molar-refractivity contribution in [2.45, 2.75) is 39.2 Å². The van der Waals surface area contributed by atoms with E-state index in [2.05, 4.69) is 26.7 Å². The van der Waals surface area contributed by atoms with Gasteiger partial charge in [-0.25, -0.2) is 9.97 Å². The van der Waals surface area contributed by atoms with Crippen LogP contribution in [0.25, 0.3) is 0 Å². The van der Waals surface area contributed by atoms with Gasteiger partial charge in [0.25, 0.3) is 10.2 Å². The Labute approximate surface area is 168 Å². The van der Waals surface area contributed by atoms with Crippen LogP contribution in [0.15, 0.2) is 12.4 Å². The molecule has 0 unspecified atom stereocenters. The lowest BCUT2D eigenvalue weighted by Crippen LogP contribution is -2.52. The molecular weight excluding hydrogens is 376 g/mol. The van der Waals surface area contributed by atoms with E-state index in [1.165, 1.54) is 12.8 Å². The number of piperazine rings is 1. The predicted octanol–water partition coefficient (Wildman–Crippen LogP) is 1.17. The molecule has 9 heteroatoms. The summed E-state index contributed by atoms with van der Waals surface area (Å²) in [5, 5.41) is 0. The number of nitrogens with zero attached hydrogens (tertiary/aromatic N) is 6. The molecule has 0 amide bonds. The largest absolute Gasteiger partial charge is 0.341 e. The van der Waals surface area contributed by atoms with E-state index in [0.29, 0.717) is 32.1 Å². The fourth-order valence-electron chi connectivity index (χ4n) is 4.42. The van der Waals surface area contributed by atoms with Crippen molar-refractivity contribution in [2.75, 3.05) is 57.3 Å². The molecule has 1 aromatic heterocycles. The van der Waals surface area contributed by atoms with Crippen molar-refractivity contribution in [3.05, 3.63) is 18.0 Å². The molecule has 0 spiro atoms. The van der Waals surface area contributed by atoms with Crippen molar-refractivity contribution in [3.8, 4) is 0 Å². The second-order valence-electron chi connectivity index (χ2n) is 8.37. The summed E-state index contributed by atoms with van der Waals surface area (Å²) >= 11 is 0. The first-order chi connectivity index (χ1) is 13.5. The standard InChI is InChI=1S/C19H32N6O2S/c1-17-5-4-6-23(15-17)19-20-13-18(14-21-19)16-22-9-11-25(12-10-22)28(26,27)24-7-2-3-8-24/h13-14,17H,2-12,15-16H2,1H3/t17-/m0/s1. The summed E-state index contributed by atoms with van der Waals surface area (Å²) in [5.74, 6) is 1.53. The summed E-state index contributed by atoms with van der Waals surface area (Å²) in [4.78, 5) is 13.7. The molecule has 156 valence electrons. The van der Waals surface area contributed by atoms with Gasteiger partial charge in [-0.3, -0.25) is 4.90 Å². The highest BCUT2D eigenvalue weighted by Crippen LogP contribution is 2.21. The number of aromatic nitrogens is 2. The van der Waals surface area contributed by atoms with Gasteiger partial charge in [-0.1, -0.05) is 6.92 Å². The van der Waals surface area contributed by atoms with Gasteiger partial charge in [0.2, 0.25) is 5.95 Å². The maximum absolute atomic E-state index is 12.7. The molecule has 0 radical (unpaired) electrons. The van der Waals surface area contributed by atoms with Crippen molar-refractivity contribution in [3.63, 3.8) is 0 Å². The van der Waals surface area contributed by atoms with Gasteiger partial charge < -0.3 is 4.90 Å². The number of hydrogen-bond donors (Lipinski definition) is 0. The van der Waals surface area contributed by atoms with Gasteiger partial charge in [0.1, 0.15) is 0 Å². The van der Waals surface area contributed by atoms with Gasteiger partial charge >= 0.3 is 0 Å². The number of hydrogen-bond acceptors (Lipinski definition) is 6. The van der Waals surface area contributed by atoms with Crippen LogP contribution in [-0.4, -0.2) is 84.3 Å². The first kappa shape index (κ1) is 20.0. The third-order valence-electron chi connectivity index (χ3n) is 6.09. The quantitative estimate of drug-likeness (QED) is 0.728. The Morgan fingerprint density at radius 3 is 2.21 bits per heavy atom. The molecule has 3 aliphatic heterocycles. The molecule has 1 atom stereocenters. The van der Waals surface area contributed by atoms with Crippen LogP contribution in [0.3, 0.4) is 0 Å². The Morgan fingerprint density at radius 1 is 0.929 bits per heavy atom. The maximum atomic E-state index is 12.7. The fourth-order valence-corrected chi connectivity index (χ4v) is 6.09. The van der Waals surface area contributed by atoms with Gasteiger partial charge in [0.05, 0.1) is 0 Å². The van der Waals surface area contributed by atoms with Crippen molar-refractivity contribution >= 4 is 16.2 Å². The highest BCUT2D eigenvalue weighted by Gasteiger charge is 2.33. The minimum Gasteiger partial charge on any atom is -0.341 e. The van der Waals surface area contributed by atoms with Crippen LogP contribution in [-0.2, 0) is 16.8 Å². The fraction of sp³-hybridized carbons (Fsp3) is 0.789. The van der Waals surface area contributed by atoms with E-state index >= 15 is 0 Å². The molecule has 3 fully saturated rings. The lowest BCUT2D eigenvalue weighted by molar-refractivity contribution is 0.176. The zero-order valence-electron chi connectivity index (χ0n) is 16.8. The summed E-state index contributed by atoms with van der Waals surface area (Å²) in [6, 6.07) is 0. The van der Waals surface area contributed by atoms with Crippen LogP contribution >= 0.6 is 0 Å². The molecule has 3 saturated heterocycles. The minimum absolute atomic E-state index is 0.559. The number of piperidine rings is 1. The molecule has 28 heavy (non-hydrogen) atoms. The van der Waals surface area contributed by atoms with Crippen LogP contribution in [0, 0.1) is 5.92 Å². The normalized spacial score (nSPS) is 26.0. The van der Waals surface area contributed by atoms with E-state index in [0.717, 1.165) is 57.1 Å². The highest BCUT2D eigenvalue weighted by atomic mass is 32.2. The van der Waals surface area contributed by atoms with Gasteiger partial charge in [-0.2, -0.15) is 17.0 Å². The molecule has 8 nitrogen and oxygen atoms in total. The monoisotopic (exact) mass is 408 g/mol. The molecule has 4 heterocycles. The molecule has 0 N–H and O–H groups in total. The Hall–Kier alpha value is -1.29. The third kappa shape index (κ3) is 4.48. The SMILES string of the molecule is C[C@H]1CCCN(c2ncc(CN3CCN(S(=O)(=O)N4CCCC4)CC3)cn2)C1. The smallest absolute Gasteiger partial charge is 0.282 e. The van der Waals surface area contributed by atoms with Crippen molar-refractivity contribution in [1.29, 1.82) is 0 Å². The Balaban J connectivity index is 1.29. The maximum Gasteiger partial charge on any atom is 0.282 e. The van der Waals surface area contributed by atoms with Crippen molar-refractivity contribution in [1.82, 2.24) is 23.5 Å². The first-order valence-electron chi connectivity index (χ1n) is 10.6. The van der Waals surface area contributed by atoms with Crippen LogP contribution in [0.1, 0.15) is 38.2 Å². The average molecular weight is 409 g/mol. The summed E-state index contributed by atoms with van der Waals surface area (Å²) in [6.45, 7) is 9.08. The summed E-state index contributed by atoms with van der Waals surface area (Å²) in [6.07, 6.45) is 8.30. The van der Waals surface area contributed by atoms with Crippen LogP contribution < -0.4 is 4.90 Å². The highest BCUT2D eigenvalue weighted by molar-refractivity contribution is 7.86. The zero-order valence-corrected chi connectivity index (χ0v) is 17.6. The summed E-state index contributed by atoms with van der Waals surface area (Å²) < 4.78 is 28.6. The Morgan fingerprint density at radius 2 is 1.57 bits per heavy atom. The molecular formula is C19H32N6O2S. The van der Waals surface area contributed by atoms with Gasteiger partial charge in [-0.15, -0.1) is 0 Å². The van der Waals surface area contributed by atoms with Crippen molar-refractivity contribution < 1.29 is 8.42 Å². The summed E-state index contributed by atoms with van der Waals surface area (Å²) in [7, 11) is -3.27. The van der Waals surface area contributed by atoms with E-state index in [9.17, 15) is 8.42 Å². The molecule has 0 bridgehead atoms. The predicted molar refractivity (Wildman–Crippen MR) is 109 cm³/mol. The van der Waals surface area contributed by atoms with E-state index in [-0.39, 0.29) is 0 Å². The molecule has 4 rings (SSSR count). The second kappa shape index (κ2) is 8.61. The molecule has 3 aliphatic rings. The molecule has 0 aromatic carbocycles. The zero-order chi connectivity index (χ0) is 19.6. The van der Waals surface area contributed by atoms with Gasteiger partial charge in [0, 0.05) is 76.9 Å². The second-order valence-corrected chi connectivity index (χ2v) is 10.3. The lowest BCUT2D eigenvalue weighted by atomic mass is 10.0. The lowest BCUT2D eigenvalue weighted by Gasteiger charge is -2.35. The third-order valence-corrected chi connectivity index (χ3v) is 8.12. The molecule has 0 saturated carbocycles. The van der Waals surface area contributed by atoms with Crippen LogP contribution in [0.4, 0.5) is 5.95 Å². The van der Waals surface area contributed by atoms with Gasteiger partial charge in [0.15, 0.2) is 0 Å². The van der Waals surface area contributed by atoms with E-state index in [4.69, 9.17) is 0 Å². The molecule has 0 aliphatic carbocycles. The Kier molecular flexibility index (Phi) is 6.15. The Bertz CT molecular complexity index is 742. The number of anilines is 1. The average Bonchev–Trinajstić information content (AvgIpc) is 3.25. The van der Waals surface area contributed by atoms with Crippen LogP contribution in [0.5, 0.6) is 0 Å². The number of rotatable bonds is 5. The summed E-state index contributed by atoms with van der Waals surface area (Å²) in [5.41, 5.74) is 1.09. The first-order valence-corrected chi connectivity index (χ1v) is 12.0. The van der Waals surface area contributed by atoms with E-state index < -0.39 is 10.2 Å². The topological polar surface area (TPSA) is 72.9 Å². The van der Waals surface area contributed by atoms with E-state index in [1.54, 1.807) is 8.61 Å². The van der Waals surface area contributed by atoms with E-state index in [1.807, 2.05) is 12.4 Å². The molecule has 1 aromatic rings.